The molecule has 1 aromatic rings. The summed E-state index contributed by atoms with van der Waals surface area (Å²) in [6.45, 7) is 2.09. The van der Waals surface area contributed by atoms with Gasteiger partial charge in [-0.2, -0.15) is 0 Å². The largest absolute Gasteiger partial charge is 0.369 e. The number of nitrogens with one attached hydrogen (secondary N) is 2. The Hall–Kier alpha value is -0.840. The topological polar surface area (TPSA) is 54.1 Å². The molecule has 16 heavy (non-hydrogen) atoms. The molecule has 1 atom stereocenters. The van der Waals surface area contributed by atoms with Crippen molar-refractivity contribution in [2.45, 2.75) is 18.9 Å². The fraction of sp³-hybridized carbons (Fsp3) is 0.545. The van der Waals surface area contributed by atoms with Gasteiger partial charge in [0.25, 0.3) is 0 Å². The Morgan fingerprint density at radius 2 is 2.44 bits per heavy atom. The Kier molecular flexibility index (Phi) is 5.52. The van der Waals surface area contributed by atoms with E-state index in [2.05, 4.69) is 10.3 Å². The lowest BCUT2D eigenvalue weighted by molar-refractivity contribution is 0.0345. The molecule has 4 nitrogen and oxygen atoms in total. The van der Waals surface area contributed by atoms with E-state index in [0.717, 1.165) is 25.9 Å². The third-order valence-electron chi connectivity index (χ3n) is 2.60. The van der Waals surface area contributed by atoms with E-state index in [1.54, 1.807) is 12.3 Å². The minimum atomic E-state index is 0. The first-order valence-electron chi connectivity index (χ1n) is 5.35. The third-order valence-corrected chi connectivity index (χ3v) is 2.60. The van der Waals surface area contributed by atoms with Crippen LogP contribution >= 0.6 is 12.4 Å². The minimum absolute atomic E-state index is 0. The first-order chi connectivity index (χ1) is 7.36. The molecule has 0 aromatic carbocycles. The second kappa shape index (κ2) is 6.68. The van der Waals surface area contributed by atoms with Crippen molar-refractivity contribution in [1.82, 2.24) is 10.3 Å². The maximum absolute atomic E-state index is 11.6. The molecule has 0 saturated carbocycles. The van der Waals surface area contributed by atoms with Crippen LogP contribution in [0.2, 0.25) is 0 Å². The highest BCUT2D eigenvalue weighted by Gasteiger charge is 2.15. The van der Waals surface area contributed by atoms with Gasteiger partial charge in [-0.3, -0.25) is 4.79 Å². The number of carbonyl (C=O) groups excluding carboxylic acids is 1. The molecule has 0 radical (unpaired) electrons. The summed E-state index contributed by atoms with van der Waals surface area (Å²) in [4.78, 5) is 14.5. The van der Waals surface area contributed by atoms with Gasteiger partial charge in [-0.15, -0.1) is 12.4 Å². The van der Waals surface area contributed by atoms with Gasteiger partial charge in [0.2, 0.25) is 5.78 Å². The molecular weight excluding hydrogens is 228 g/mol. The lowest BCUT2D eigenvalue weighted by Crippen LogP contribution is -2.36. The van der Waals surface area contributed by atoms with Gasteiger partial charge in [-0.25, -0.2) is 0 Å². The molecule has 0 spiro atoms. The molecule has 2 rings (SSSR count). The summed E-state index contributed by atoms with van der Waals surface area (Å²) in [6.07, 6.45) is 4.11. The fourth-order valence-corrected chi connectivity index (χ4v) is 1.74. The number of halogens is 1. The van der Waals surface area contributed by atoms with Crippen LogP contribution in [0.15, 0.2) is 18.3 Å². The van der Waals surface area contributed by atoms with Crippen molar-refractivity contribution in [3.8, 4) is 0 Å². The minimum Gasteiger partial charge on any atom is -0.369 e. The van der Waals surface area contributed by atoms with E-state index in [1.807, 2.05) is 6.07 Å². The summed E-state index contributed by atoms with van der Waals surface area (Å²) < 4.78 is 5.54. The summed E-state index contributed by atoms with van der Waals surface area (Å²) in [5.41, 5.74) is 0.624. The van der Waals surface area contributed by atoms with Gasteiger partial charge in [-0.05, 0) is 31.5 Å². The summed E-state index contributed by atoms with van der Waals surface area (Å²) in [5.74, 6) is 0.0190. The number of carbonyl (C=O) groups is 1. The van der Waals surface area contributed by atoms with Gasteiger partial charge < -0.3 is 15.0 Å². The number of H-pyrrole nitrogens is 1. The summed E-state index contributed by atoms with van der Waals surface area (Å²) in [5, 5.41) is 3.25. The van der Waals surface area contributed by atoms with Crippen molar-refractivity contribution in [2.75, 3.05) is 19.7 Å². The van der Waals surface area contributed by atoms with E-state index < -0.39 is 0 Å². The molecule has 2 N–H and O–H groups in total. The van der Waals surface area contributed by atoms with Crippen LogP contribution in [0.25, 0.3) is 0 Å². The van der Waals surface area contributed by atoms with Gasteiger partial charge in [-0.1, -0.05) is 0 Å². The molecule has 1 aromatic heterocycles. The van der Waals surface area contributed by atoms with Crippen molar-refractivity contribution in [1.29, 1.82) is 0 Å². The van der Waals surface area contributed by atoms with Crippen LogP contribution in [0.5, 0.6) is 0 Å². The van der Waals surface area contributed by atoms with E-state index in [-0.39, 0.29) is 30.9 Å². The molecule has 1 aliphatic rings. The second-order valence-electron chi connectivity index (χ2n) is 3.79. The molecule has 1 aliphatic heterocycles. The molecular formula is C11H17ClN2O2. The molecule has 2 heterocycles. The number of hydrogen-bond acceptors (Lipinski definition) is 3. The SMILES string of the molecule is Cl.O=C(COC1CCCNC1)c1ccc[nH]1. The van der Waals surface area contributed by atoms with E-state index in [4.69, 9.17) is 4.74 Å². The molecule has 1 saturated heterocycles. The highest BCUT2D eigenvalue weighted by molar-refractivity contribution is 5.95. The second-order valence-corrected chi connectivity index (χ2v) is 3.79. The first kappa shape index (κ1) is 13.2. The maximum Gasteiger partial charge on any atom is 0.204 e. The maximum atomic E-state index is 11.6. The van der Waals surface area contributed by atoms with Crippen LogP contribution in [0.4, 0.5) is 0 Å². The van der Waals surface area contributed by atoms with Crippen LogP contribution in [-0.4, -0.2) is 36.6 Å². The van der Waals surface area contributed by atoms with Gasteiger partial charge in [0.15, 0.2) is 0 Å². The van der Waals surface area contributed by atoms with Gasteiger partial charge >= 0.3 is 0 Å². The van der Waals surface area contributed by atoms with Crippen molar-refractivity contribution in [2.24, 2.45) is 0 Å². The van der Waals surface area contributed by atoms with Crippen molar-refractivity contribution in [3.63, 3.8) is 0 Å². The smallest absolute Gasteiger partial charge is 0.204 e. The Balaban J connectivity index is 0.00000128. The molecule has 1 unspecified atom stereocenters. The zero-order valence-electron chi connectivity index (χ0n) is 9.07. The fourth-order valence-electron chi connectivity index (χ4n) is 1.74. The number of Topliss-reactive ketones (excluding diaryl/α,β-unsaturated/α-hetero) is 1. The molecule has 0 bridgehead atoms. The number of hydrogen-bond donors (Lipinski definition) is 2. The predicted octanol–water partition coefficient (Wildman–Crippen LogP) is 1.39. The van der Waals surface area contributed by atoms with E-state index in [1.165, 1.54) is 0 Å². The number of ether oxygens (including phenoxy) is 1. The van der Waals surface area contributed by atoms with Crippen LogP contribution in [-0.2, 0) is 4.74 Å². The van der Waals surface area contributed by atoms with Crippen molar-refractivity contribution >= 4 is 18.2 Å². The highest BCUT2D eigenvalue weighted by atomic mass is 35.5. The zero-order chi connectivity index (χ0) is 10.5. The average molecular weight is 245 g/mol. The normalized spacial score (nSPS) is 20.1. The first-order valence-corrected chi connectivity index (χ1v) is 5.35. The highest BCUT2D eigenvalue weighted by Crippen LogP contribution is 2.06. The van der Waals surface area contributed by atoms with E-state index >= 15 is 0 Å². The number of piperidine rings is 1. The summed E-state index contributed by atoms with van der Waals surface area (Å²) in [6, 6.07) is 3.58. The van der Waals surface area contributed by atoms with E-state index in [9.17, 15) is 4.79 Å². The van der Waals surface area contributed by atoms with E-state index in [0.29, 0.717) is 5.69 Å². The average Bonchev–Trinajstić information content (AvgIpc) is 2.81. The number of ketones is 1. The Labute approximate surface area is 101 Å². The van der Waals surface area contributed by atoms with Gasteiger partial charge in [0.1, 0.15) is 6.61 Å². The molecule has 0 aliphatic carbocycles. The Bertz CT molecular complexity index is 308. The standard InChI is InChI=1S/C11H16N2O2.ClH/c14-11(10-4-2-6-13-10)8-15-9-3-1-5-12-7-9;/h2,4,6,9,12-13H,1,3,5,7-8H2;1H. The van der Waals surface area contributed by atoms with Crippen LogP contribution in [0, 0.1) is 0 Å². The Morgan fingerprint density at radius 1 is 1.56 bits per heavy atom. The van der Waals surface area contributed by atoms with Crippen molar-refractivity contribution in [3.05, 3.63) is 24.0 Å². The summed E-state index contributed by atoms with van der Waals surface area (Å²) >= 11 is 0. The van der Waals surface area contributed by atoms with Crippen LogP contribution in [0.1, 0.15) is 23.3 Å². The quantitative estimate of drug-likeness (QED) is 0.787. The predicted molar refractivity (Wildman–Crippen MR) is 64.2 cm³/mol. The molecule has 1 fully saturated rings. The number of aromatic nitrogens is 1. The molecule has 0 amide bonds. The summed E-state index contributed by atoms with van der Waals surface area (Å²) in [7, 11) is 0. The monoisotopic (exact) mass is 244 g/mol. The lowest BCUT2D eigenvalue weighted by Gasteiger charge is -2.22. The molecule has 90 valence electrons. The zero-order valence-corrected chi connectivity index (χ0v) is 9.89. The van der Waals surface area contributed by atoms with Gasteiger partial charge in [0.05, 0.1) is 11.8 Å². The Morgan fingerprint density at radius 3 is 3.06 bits per heavy atom. The van der Waals surface area contributed by atoms with Crippen LogP contribution in [0.3, 0.4) is 0 Å². The lowest BCUT2D eigenvalue weighted by atomic mass is 10.1. The van der Waals surface area contributed by atoms with Crippen molar-refractivity contribution < 1.29 is 9.53 Å². The number of aromatic amines is 1. The van der Waals surface area contributed by atoms with Crippen LogP contribution < -0.4 is 5.32 Å². The third kappa shape index (κ3) is 3.63. The van der Waals surface area contributed by atoms with Gasteiger partial charge in [0, 0.05) is 12.7 Å². The number of rotatable bonds is 4. The molecule has 5 heteroatoms.